The van der Waals surface area contributed by atoms with Gasteiger partial charge < -0.3 is 5.32 Å². The van der Waals surface area contributed by atoms with Gasteiger partial charge in [-0.25, -0.2) is 0 Å². The van der Waals surface area contributed by atoms with E-state index in [1.54, 1.807) is 11.3 Å². The van der Waals surface area contributed by atoms with E-state index < -0.39 is 6.04 Å². The quantitative estimate of drug-likeness (QED) is 0.528. The number of hydrogen-bond acceptors (Lipinski definition) is 4. The number of carbonyl (C=O) groups excluding carboxylic acids is 2. The molecular formula is C26H24N2O2S. The summed E-state index contributed by atoms with van der Waals surface area (Å²) in [6.07, 6.45) is 1.23. The number of carbonyl (C=O) groups is 2. The van der Waals surface area contributed by atoms with Crippen molar-refractivity contribution < 1.29 is 9.59 Å². The zero-order chi connectivity index (χ0) is 21.6. The first-order chi connectivity index (χ1) is 14.9. The van der Waals surface area contributed by atoms with E-state index in [2.05, 4.69) is 19.2 Å². The Labute approximate surface area is 186 Å². The number of allylic oxidation sites excluding steroid dienone is 1. The zero-order valence-electron chi connectivity index (χ0n) is 17.6. The average molecular weight is 429 g/mol. The summed E-state index contributed by atoms with van der Waals surface area (Å²) in [5.74, 6) is -0.00421. The Kier molecular flexibility index (Phi) is 4.78. The van der Waals surface area contributed by atoms with Crippen molar-refractivity contribution in [3.63, 3.8) is 0 Å². The van der Waals surface area contributed by atoms with Crippen molar-refractivity contribution in [3.8, 4) is 0 Å². The Morgan fingerprint density at radius 3 is 2.48 bits per heavy atom. The molecule has 2 aliphatic rings. The van der Waals surface area contributed by atoms with Gasteiger partial charge in [0.2, 0.25) is 0 Å². The molecule has 1 aliphatic carbocycles. The number of benzene rings is 2. The minimum Gasteiger partial charge on any atom is -0.357 e. The Morgan fingerprint density at radius 2 is 1.74 bits per heavy atom. The number of nitrogens with zero attached hydrogens (tertiary/aromatic N) is 1. The Hall–Kier alpha value is -3.18. The summed E-state index contributed by atoms with van der Waals surface area (Å²) in [5, 5.41) is 5.55. The minimum atomic E-state index is -0.456. The SMILES string of the molecule is CC1(C)CC(=O)C2=C(C1)Nc1ccccc1N(C(=O)c1ccccc1)C2c1cccs1. The summed E-state index contributed by atoms with van der Waals surface area (Å²) < 4.78 is 0. The molecule has 2 heterocycles. The van der Waals surface area contributed by atoms with Gasteiger partial charge in [-0.1, -0.05) is 50.2 Å². The predicted molar refractivity (Wildman–Crippen MR) is 125 cm³/mol. The van der Waals surface area contributed by atoms with Gasteiger partial charge in [0.15, 0.2) is 5.78 Å². The number of para-hydroxylation sites is 2. The van der Waals surface area contributed by atoms with Gasteiger partial charge in [-0.15, -0.1) is 11.3 Å². The summed E-state index contributed by atoms with van der Waals surface area (Å²) >= 11 is 1.58. The number of nitrogens with one attached hydrogen (secondary N) is 1. The first-order valence-corrected chi connectivity index (χ1v) is 11.4. The second kappa shape index (κ2) is 7.50. The summed E-state index contributed by atoms with van der Waals surface area (Å²) in [6, 6.07) is 20.7. The highest BCUT2D eigenvalue weighted by molar-refractivity contribution is 7.10. The molecule has 1 amide bonds. The van der Waals surface area contributed by atoms with Crippen LogP contribution in [-0.4, -0.2) is 11.7 Å². The molecule has 4 nitrogen and oxygen atoms in total. The van der Waals surface area contributed by atoms with E-state index in [1.807, 2.05) is 77.0 Å². The molecule has 156 valence electrons. The van der Waals surface area contributed by atoms with E-state index in [4.69, 9.17) is 0 Å². The third-order valence-electron chi connectivity index (χ3n) is 5.95. The van der Waals surface area contributed by atoms with Crippen LogP contribution >= 0.6 is 11.3 Å². The van der Waals surface area contributed by atoms with E-state index in [-0.39, 0.29) is 17.1 Å². The predicted octanol–water partition coefficient (Wildman–Crippen LogP) is 6.20. The lowest BCUT2D eigenvalue weighted by atomic mass is 9.74. The number of hydrogen-bond donors (Lipinski definition) is 1. The van der Waals surface area contributed by atoms with Crippen molar-refractivity contribution in [2.24, 2.45) is 5.41 Å². The van der Waals surface area contributed by atoms with E-state index in [0.717, 1.165) is 28.4 Å². The molecule has 1 aliphatic heterocycles. The van der Waals surface area contributed by atoms with Crippen LogP contribution in [0.15, 0.2) is 83.4 Å². The molecule has 1 unspecified atom stereocenters. The van der Waals surface area contributed by atoms with Gasteiger partial charge in [0.1, 0.15) is 6.04 Å². The van der Waals surface area contributed by atoms with Crippen molar-refractivity contribution in [2.75, 3.05) is 10.2 Å². The maximum atomic E-state index is 13.9. The van der Waals surface area contributed by atoms with Crippen LogP contribution < -0.4 is 10.2 Å². The number of ketones is 1. The highest BCUT2D eigenvalue weighted by Crippen LogP contribution is 2.49. The molecule has 0 saturated heterocycles. The third kappa shape index (κ3) is 3.49. The molecule has 2 aromatic carbocycles. The summed E-state index contributed by atoms with van der Waals surface area (Å²) in [5.41, 5.74) is 3.75. The maximum absolute atomic E-state index is 13.9. The molecule has 0 radical (unpaired) electrons. The highest BCUT2D eigenvalue weighted by Gasteiger charge is 2.43. The number of amides is 1. The summed E-state index contributed by atoms with van der Waals surface area (Å²) in [6.45, 7) is 4.25. The number of anilines is 2. The van der Waals surface area contributed by atoms with Crippen LogP contribution in [0, 0.1) is 5.41 Å². The topological polar surface area (TPSA) is 49.4 Å². The normalized spacial score (nSPS) is 19.9. The van der Waals surface area contributed by atoms with E-state index in [1.165, 1.54) is 0 Å². The third-order valence-corrected chi connectivity index (χ3v) is 6.88. The molecule has 31 heavy (non-hydrogen) atoms. The molecule has 5 heteroatoms. The van der Waals surface area contributed by atoms with Gasteiger partial charge in [0.05, 0.1) is 11.4 Å². The lowest BCUT2D eigenvalue weighted by Gasteiger charge is -2.36. The second-order valence-corrected chi connectivity index (χ2v) is 9.91. The van der Waals surface area contributed by atoms with Crippen LogP contribution in [0.4, 0.5) is 11.4 Å². The largest absolute Gasteiger partial charge is 0.357 e. The smallest absolute Gasteiger partial charge is 0.259 e. The maximum Gasteiger partial charge on any atom is 0.259 e. The fourth-order valence-corrected chi connectivity index (χ4v) is 5.47. The Balaban J connectivity index is 1.78. The lowest BCUT2D eigenvalue weighted by Crippen LogP contribution is -2.39. The summed E-state index contributed by atoms with van der Waals surface area (Å²) in [7, 11) is 0. The second-order valence-electron chi connectivity index (χ2n) is 8.93. The van der Waals surface area contributed by atoms with E-state index >= 15 is 0 Å². The van der Waals surface area contributed by atoms with Crippen LogP contribution in [0.5, 0.6) is 0 Å². The fourth-order valence-electron chi connectivity index (χ4n) is 4.65. The van der Waals surface area contributed by atoms with Crippen molar-refractivity contribution in [3.05, 3.63) is 93.8 Å². The van der Waals surface area contributed by atoms with Gasteiger partial charge in [-0.3, -0.25) is 14.5 Å². The minimum absolute atomic E-state index is 0.107. The van der Waals surface area contributed by atoms with Gasteiger partial charge in [-0.05, 0) is 47.5 Å². The summed E-state index contributed by atoms with van der Waals surface area (Å²) in [4.78, 5) is 30.2. The molecule has 3 aromatic rings. The van der Waals surface area contributed by atoms with E-state index in [0.29, 0.717) is 17.6 Å². The first-order valence-electron chi connectivity index (χ1n) is 10.5. The average Bonchev–Trinajstić information content (AvgIpc) is 3.23. The molecule has 0 saturated carbocycles. The Morgan fingerprint density at radius 1 is 1.00 bits per heavy atom. The molecule has 0 bridgehead atoms. The van der Waals surface area contributed by atoms with Crippen molar-refractivity contribution in [2.45, 2.75) is 32.7 Å². The molecule has 0 fully saturated rings. The standard InChI is InChI=1S/C26H24N2O2S/c1-26(2)15-19-23(21(29)16-26)24(22-13-8-14-31-22)28(20-12-7-6-11-18(20)27-19)25(30)17-9-4-3-5-10-17/h3-14,24,27H,15-16H2,1-2H3. The zero-order valence-corrected chi connectivity index (χ0v) is 18.4. The molecule has 5 rings (SSSR count). The van der Waals surface area contributed by atoms with Crippen LogP contribution in [0.2, 0.25) is 0 Å². The molecule has 1 N–H and O–H groups in total. The molecule has 0 spiro atoms. The van der Waals surface area contributed by atoms with Crippen LogP contribution in [0.1, 0.15) is 48.0 Å². The first kappa shape index (κ1) is 19.8. The van der Waals surface area contributed by atoms with Gasteiger partial charge in [0.25, 0.3) is 5.91 Å². The van der Waals surface area contributed by atoms with Gasteiger partial charge in [-0.2, -0.15) is 0 Å². The van der Waals surface area contributed by atoms with Crippen molar-refractivity contribution in [1.82, 2.24) is 0 Å². The van der Waals surface area contributed by atoms with Crippen LogP contribution in [0.3, 0.4) is 0 Å². The van der Waals surface area contributed by atoms with Gasteiger partial charge >= 0.3 is 0 Å². The molecule has 1 atom stereocenters. The lowest BCUT2D eigenvalue weighted by molar-refractivity contribution is -0.118. The van der Waals surface area contributed by atoms with Gasteiger partial charge in [0, 0.05) is 28.1 Å². The fraction of sp³-hybridized carbons (Fsp3) is 0.231. The van der Waals surface area contributed by atoms with Crippen LogP contribution in [-0.2, 0) is 4.79 Å². The number of fused-ring (bicyclic) bond motifs is 1. The highest BCUT2D eigenvalue weighted by atomic mass is 32.1. The molecular weight excluding hydrogens is 404 g/mol. The van der Waals surface area contributed by atoms with Crippen LogP contribution in [0.25, 0.3) is 0 Å². The molecule has 1 aromatic heterocycles. The Bertz CT molecular complexity index is 1180. The van der Waals surface area contributed by atoms with E-state index in [9.17, 15) is 9.59 Å². The number of rotatable bonds is 2. The van der Waals surface area contributed by atoms with Crippen molar-refractivity contribution in [1.29, 1.82) is 0 Å². The number of Topliss-reactive ketones (excluding diaryl/α,β-unsaturated/α-hetero) is 1. The number of thiophene rings is 1. The van der Waals surface area contributed by atoms with Crippen molar-refractivity contribution >= 4 is 34.4 Å². The monoisotopic (exact) mass is 428 g/mol.